The number of fused-ring (bicyclic) bond motifs is 1. The van der Waals surface area contributed by atoms with Crippen LogP contribution in [0.1, 0.15) is 37.3 Å². The van der Waals surface area contributed by atoms with Gasteiger partial charge in [-0.3, -0.25) is 9.59 Å². The Hall–Kier alpha value is -3.35. The summed E-state index contributed by atoms with van der Waals surface area (Å²) in [6.07, 6.45) is 0.870. The number of carbonyl (C=O) groups excluding carboxylic acids is 3. The van der Waals surface area contributed by atoms with Crippen molar-refractivity contribution in [2.75, 3.05) is 11.9 Å². The number of benzene rings is 2. The van der Waals surface area contributed by atoms with Crippen molar-refractivity contribution in [2.24, 2.45) is 0 Å². The zero-order valence-electron chi connectivity index (χ0n) is 17.8. The van der Waals surface area contributed by atoms with Crippen LogP contribution in [0.5, 0.6) is 0 Å². The molecule has 0 spiro atoms. The predicted octanol–water partition coefficient (Wildman–Crippen LogP) is 2.64. The molecule has 2 fully saturated rings. The highest BCUT2D eigenvalue weighted by molar-refractivity contribution is 5.98. The summed E-state index contributed by atoms with van der Waals surface area (Å²) in [5.41, 5.74) is 2.90. The van der Waals surface area contributed by atoms with Crippen LogP contribution in [0, 0.1) is 0 Å². The molecule has 0 bridgehead atoms. The number of hydrogen-bond donors (Lipinski definition) is 3. The molecule has 0 radical (unpaired) electrons. The molecule has 2 saturated heterocycles. The Morgan fingerprint density at radius 3 is 2.48 bits per heavy atom. The van der Waals surface area contributed by atoms with Crippen molar-refractivity contribution in [3.8, 4) is 0 Å². The number of amides is 4. The third-order valence-electron chi connectivity index (χ3n) is 5.95. The largest absolute Gasteiger partial charge is 0.342 e. The van der Waals surface area contributed by atoms with E-state index in [1.54, 1.807) is 4.90 Å². The monoisotopic (exact) mass is 420 g/mol. The molecule has 0 aromatic heterocycles. The third-order valence-corrected chi connectivity index (χ3v) is 5.95. The first-order valence-electron chi connectivity index (χ1n) is 10.7. The Morgan fingerprint density at radius 2 is 1.81 bits per heavy atom. The fourth-order valence-corrected chi connectivity index (χ4v) is 4.25. The first-order chi connectivity index (χ1) is 14.9. The van der Waals surface area contributed by atoms with Gasteiger partial charge in [0.15, 0.2) is 0 Å². The molecule has 2 heterocycles. The van der Waals surface area contributed by atoms with Crippen LogP contribution < -0.4 is 16.0 Å². The molecule has 7 nitrogen and oxygen atoms in total. The van der Waals surface area contributed by atoms with Gasteiger partial charge in [-0.25, -0.2) is 4.79 Å². The van der Waals surface area contributed by atoms with Gasteiger partial charge in [0.2, 0.25) is 11.8 Å². The van der Waals surface area contributed by atoms with E-state index in [-0.39, 0.29) is 23.9 Å². The van der Waals surface area contributed by atoms with E-state index in [1.165, 1.54) is 5.56 Å². The van der Waals surface area contributed by atoms with Gasteiger partial charge < -0.3 is 20.9 Å². The van der Waals surface area contributed by atoms with Gasteiger partial charge in [-0.05, 0) is 35.6 Å². The zero-order chi connectivity index (χ0) is 22.0. The van der Waals surface area contributed by atoms with Crippen LogP contribution in [-0.2, 0) is 16.0 Å². The molecule has 31 heavy (non-hydrogen) atoms. The molecule has 0 aliphatic carbocycles. The summed E-state index contributed by atoms with van der Waals surface area (Å²) in [5, 5.41) is 8.58. The van der Waals surface area contributed by atoms with Crippen LogP contribution >= 0.6 is 0 Å². The molecule has 2 aromatic rings. The molecule has 162 valence electrons. The summed E-state index contributed by atoms with van der Waals surface area (Å²) < 4.78 is 0. The Morgan fingerprint density at radius 1 is 1.10 bits per heavy atom. The Bertz CT molecular complexity index is 959. The van der Waals surface area contributed by atoms with Crippen LogP contribution in [0.3, 0.4) is 0 Å². The van der Waals surface area contributed by atoms with Gasteiger partial charge in [0.1, 0.15) is 12.1 Å². The first-order valence-corrected chi connectivity index (χ1v) is 10.7. The molecule has 0 saturated carbocycles. The highest BCUT2D eigenvalue weighted by Gasteiger charge is 2.46. The SMILES string of the molecule is CC(C)c1ccc(NC(=O)N[C@H]2C[C@H]3C(=O)N[C@@H](Cc4ccccc4)C(=O)N3C2)cc1. The molecule has 4 rings (SSSR count). The summed E-state index contributed by atoms with van der Waals surface area (Å²) in [4.78, 5) is 39.6. The summed E-state index contributed by atoms with van der Waals surface area (Å²) in [5.74, 6) is 0.171. The van der Waals surface area contributed by atoms with E-state index in [1.807, 2.05) is 54.6 Å². The predicted molar refractivity (Wildman–Crippen MR) is 119 cm³/mol. The van der Waals surface area contributed by atoms with Gasteiger partial charge in [-0.2, -0.15) is 0 Å². The number of nitrogens with zero attached hydrogens (tertiary/aromatic N) is 1. The fraction of sp³-hybridized carbons (Fsp3) is 0.375. The smallest absolute Gasteiger partial charge is 0.319 e. The van der Waals surface area contributed by atoms with Crippen LogP contribution in [0.25, 0.3) is 0 Å². The maximum absolute atomic E-state index is 12.9. The second-order valence-electron chi connectivity index (χ2n) is 8.57. The highest BCUT2D eigenvalue weighted by atomic mass is 16.2. The van der Waals surface area contributed by atoms with Gasteiger partial charge in [-0.15, -0.1) is 0 Å². The van der Waals surface area contributed by atoms with E-state index in [4.69, 9.17) is 0 Å². The van der Waals surface area contributed by atoms with E-state index in [2.05, 4.69) is 29.8 Å². The van der Waals surface area contributed by atoms with E-state index in [0.717, 1.165) is 5.56 Å². The topological polar surface area (TPSA) is 90.5 Å². The molecule has 3 N–H and O–H groups in total. The van der Waals surface area contributed by atoms with Crippen molar-refractivity contribution in [3.63, 3.8) is 0 Å². The lowest BCUT2D eigenvalue weighted by molar-refractivity contribution is -0.147. The summed E-state index contributed by atoms with van der Waals surface area (Å²) in [6.45, 7) is 4.57. The number of carbonyl (C=O) groups is 3. The van der Waals surface area contributed by atoms with Crippen LogP contribution in [0.15, 0.2) is 54.6 Å². The van der Waals surface area contributed by atoms with Gasteiger partial charge in [0.25, 0.3) is 0 Å². The molecule has 4 amide bonds. The Labute approximate surface area is 182 Å². The van der Waals surface area contributed by atoms with Crippen molar-refractivity contribution in [1.29, 1.82) is 0 Å². The number of hydrogen-bond acceptors (Lipinski definition) is 3. The summed E-state index contributed by atoms with van der Waals surface area (Å²) in [7, 11) is 0. The van der Waals surface area contributed by atoms with Crippen molar-refractivity contribution in [3.05, 3.63) is 65.7 Å². The molecule has 2 aromatic carbocycles. The van der Waals surface area contributed by atoms with Crippen LogP contribution in [0.4, 0.5) is 10.5 Å². The zero-order valence-corrected chi connectivity index (χ0v) is 17.8. The van der Waals surface area contributed by atoms with Gasteiger partial charge in [0, 0.05) is 18.7 Å². The number of urea groups is 1. The second kappa shape index (κ2) is 8.79. The minimum atomic E-state index is -0.571. The highest BCUT2D eigenvalue weighted by Crippen LogP contribution is 2.24. The number of piperazine rings is 1. The minimum absolute atomic E-state index is 0.0950. The maximum atomic E-state index is 12.9. The first kappa shape index (κ1) is 20.9. The quantitative estimate of drug-likeness (QED) is 0.695. The average Bonchev–Trinajstić information content (AvgIpc) is 3.17. The number of anilines is 1. The van der Waals surface area contributed by atoms with E-state index in [9.17, 15) is 14.4 Å². The van der Waals surface area contributed by atoms with Crippen LogP contribution in [-0.4, -0.2) is 47.4 Å². The van der Waals surface area contributed by atoms with Crippen LogP contribution in [0.2, 0.25) is 0 Å². The summed E-state index contributed by atoms with van der Waals surface area (Å²) >= 11 is 0. The minimum Gasteiger partial charge on any atom is -0.342 e. The Balaban J connectivity index is 1.34. The maximum Gasteiger partial charge on any atom is 0.319 e. The second-order valence-corrected chi connectivity index (χ2v) is 8.57. The molecule has 2 aliphatic heterocycles. The lowest BCUT2D eigenvalue weighted by Crippen LogP contribution is -2.61. The number of rotatable bonds is 5. The Kier molecular flexibility index (Phi) is 5.93. The van der Waals surface area contributed by atoms with E-state index < -0.39 is 12.1 Å². The fourth-order valence-electron chi connectivity index (χ4n) is 4.25. The standard InChI is InChI=1S/C24H28N4O3/c1-15(2)17-8-10-18(11-9-17)25-24(31)26-19-13-21-22(29)27-20(23(30)28(21)14-19)12-16-6-4-3-5-7-16/h3-11,15,19-21H,12-14H2,1-2H3,(H,27,29)(H2,25,26,31)/t19-,20-,21-/m0/s1. The number of nitrogens with one attached hydrogen (secondary N) is 3. The third kappa shape index (κ3) is 4.71. The van der Waals surface area contributed by atoms with E-state index in [0.29, 0.717) is 31.0 Å². The van der Waals surface area contributed by atoms with Crippen molar-refractivity contribution in [1.82, 2.24) is 15.5 Å². The van der Waals surface area contributed by atoms with E-state index >= 15 is 0 Å². The molecule has 3 atom stereocenters. The lowest BCUT2D eigenvalue weighted by Gasteiger charge is -2.34. The van der Waals surface area contributed by atoms with Crippen molar-refractivity contribution < 1.29 is 14.4 Å². The van der Waals surface area contributed by atoms with Gasteiger partial charge in [0.05, 0.1) is 6.04 Å². The molecule has 7 heteroatoms. The van der Waals surface area contributed by atoms with Crippen molar-refractivity contribution in [2.45, 2.75) is 50.7 Å². The van der Waals surface area contributed by atoms with Crippen molar-refractivity contribution >= 4 is 23.5 Å². The van der Waals surface area contributed by atoms with Gasteiger partial charge in [-0.1, -0.05) is 56.3 Å². The summed E-state index contributed by atoms with van der Waals surface area (Å²) in [6, 6.07) is 15.6. The lowest BCUT2D eigenvalue weighted by atomic mass is 10.0. The average molecular weight is 421 g/mol. The normalized spacial score (nSPS) is 22.8. The molecule has 0 unspecified atom stereocenters. The molecular formula is C24H28N4O3. The molecule has 2 aliphatic rings. The molecular weight excluding hydrogens is 392 g/mol. The van der Waals surface area contributed by atoms with Gasteiger partial charge >= 0.3 is 6.03 Å².